The van der Waals surface area contributed by atoms with E-state index in [1.165, 1.54) is 11.1 Å². The monoisotopic (exact) mass is 319 g/mol. The second kappa shape index (κ2) is 7.08. The number of anilines is 3. The fourth-order valence-corrected chi connectivity index (χ4v) is 2.41. The van der Waals surface area contributed by atoms with Gasteiger partial charge in [-0.1, -0.05) is 18.2 Å². The standard InChI is InChI=1S/C19H21N5/c1-13-7-6-9-17(15(13)3)23-18-11-14(2)22-19(24-18)21-12-16-8-4-5-10-20-16/h4-11H,12H2,1-3H3,(H2,21,22,23,24). The molecule has 0 fully saturated rings. The summed E-state index contributed by atoms with van der Waals surface area (Å²) in [5.41, 5.74) is 5.38. The second-order valence-corrected chi connectivity index (χ2v) is 5.77. The molecule has 0 atom stereocenters. The molecule has 1 aromatic carbocycles. The highest BCUT2D eigenvalue weighted by Gasteiger charge is 2.06. The van der Waals surface area contributed by atoms with Crippen molar-refractivity contribution in [3.63, 3.8) is 0 Å². The van der Waals surface area contributed by atoms with Crippen LogP contribution < -0.4 is 10.6 Å². The van der Waals surface area contributed by atoms with Crippen LogP contribution >= 0.6 is 0 Å². The molecular weight excluding hydrogens is 298 g/mol. The molecule has 0 aliphatic rings. The van der Waals surface area contributed by atoms with Crippen LogP contribution in [0.5, 0.6) is 0 Å². The van der Waals surface area contributed by atoms with Gasteiger partial charge in [-0.15, -0.1) is 0 Å². The first kappa shape index (κ1) is 15.9. The maximum Gasteiger partial charge on any atom is 0.225 e. The first-order chi connectivity index (χ1) is 11.6. The number of aryl methyl sites for hydroxylation is 2. The Morgan fingerprint density at radius 3 is 2.62 bits per heavy atom. The lowest BCUT2D eigenvalue weighted by Crippen LogP contribution is -2.07. The molecule has 0 spiro atoms. The molecule has 2 heterocycles. The van der Waals surface area contributed by atoms with E-state index in [0.717, 1.165) is 22.9 Å². The Balaban J connectivity index is 1.77. The van der Waals surface area contributed by atoms with Gasteiger partial charge in [-0.2, -0.15) is 4.98 Å². The number of hydrogen-bond acceptors (Lipinski definition) is 5. The lowest BCUT2D eigenvalue weighted by atomic mass is 10.1. The lowest BCUT2D eigenvalue weighted by Gasteiger charge is -2.12. The van der Waals surface area contributed by atoms with Gasteiger partial charge in [-0.3, -0.25) is 4.98 Å². The van der Waals surface area contributed by atoms with E-state index in [0.29, 0.717) is 12.5 Å². The molecule has 5 nitrogen and oxygen atoms in total. The minimum Gasteiger partial charge on any atom is -0.349 e. The van der Waals surface area contributed by atoms with Gasteiger partial charge in [-0.05, 0) is 50.1 Å². The highest BCUT2D eigenvalue weighted by molar-refractivity contribution is 5.62. The number of rotatable bonds is 5. The number of hydrogen-bond donors (Lipinski definition) is 2. The highest BCUT2D eigenvalue weighted by Crippen LogP contribution is 2.22. The van der Waals surface area contributed by atoms with Crippen molar-refractivity contribution in [2.75, 3.05) is 10.6 Å². The topological polar surface area (TPSA) is 62.7 Å². The molecule has 5 heteroatoms. The quantitative estimate of drug-likeness (QED) is 0.739. The Bertz CT molecular complexity index is 830. The van der Waals surface area contributed by atoms with E-state index in [1.807, 2.05) is 37.3 Å². The molecule has 3 aromatic rings. The molecule has 2 N–H and O–H groups in total. The Hall–Kier alpha value is -2.95. The first-order valence-corrected chi connectivity index (χ1v) is 7.94. The van der Waals surface area contributed by atoms with E-state index >= 15 is 0 Å². The van der Waals surface area contributed by atoms with E-state index in [9.17, 15) is 0 Å². The third-order valence-corrected chi connectivity index (χ3v) is 3.88. The van der Waals surface area contributed by atoms with Gasteiger partial charge in [0.1, 0.15) is 5.82 Å². The van der Waals surface area contributed by atoms with Crippen LogP contribution in [0.3, 0.4) is 0 Å². The summed E-state index contributed by atoms with van der Waals surface area (Å²) in [6.07, 6.45) is 1.78. The molecule has 0 bridgehead atoms. The average molecular weight is 319 g/mol. The molecular formula is C19H21N5. The largest absolute Gasteiger partial charge is 0.349 e. The summed E-state index contributed by atoms with van der Waals surface area (Å²) >= 11 is 0. The van der Waals surface area contributed by atoms with Gasteiger partial charge >= 0.3 is 0 Å². The third-order valence-electron chi connectivity index (χ3n) is 3.88. The normalized spacial score (nSPS) is 10.5. The predicted molar refractivity (Wildman–Crippen MR) is 97.5 cm³/mol. The van der Waals surface area contributed by atoms with Crippen molar-refractivity contribution in [1.29, 1.82) is 0 Å². The zero-order valence-electron chi connectivity index (χ0n) is 14.2. The summed E-state index contributed by atoms with van der Waals surface area (Å²) in [4.78, 5) is 13.3. The molecule has 0 amide bonds. The molecule has 0 aliphatic carbocycles. The van der Waals surface area contributed by atoms with Crippen LogP contribution in [0.4, 0.5) is 17.5 Å². The third kappa shape index (κ3) is 3.87. The van der Waals surface area contributed by atoms with Crippen LogP contribution in [-0.2, 0) is 6.54 Å². The van der Waals surface area contributed by atoms with Crippen LogP contribution in [0.15, 0.2) is 48.7 Å². The number of pyridine rings is 1. The zero-order chi connectivity index (χ0) is 16.9. The van der Waals surface area contributed by atoms with Crippen molar-refractivity contribution in [1.82, 2.24) is 15.0 Å². The maximum absolute atomic E-state index is 4.55. The molecule has 0 radical (unpaired) electrons. The van der Waals surface area contributed by atoms with Crippen molar-refractivity contribution in [3.05, 3.63) is 71.2 Å². The molecule has 24 heavy (non-hydrogen) atoms. The van der Waals surface area contributed by atoms with Gasteiger partial charge in [0.05, 0.1) is 12.2 Å². The predicted octanol–water partition coefficient (Wildman–Crippen LogP) is 4.15. The van der Waals surface area contributed by atoms with Crippen LogP contribution in [0.1, 0.15) is 22.5 Å². The molecule has 2 aromatic heterocycles. The van der Waals surface area contributed by atoms with E-state index in [4.69, 9.17) is 0 Å². The minimum absolute atomic E-state index is 0.590. The van der Waals surface area contributed by atoms with E-state index in [1.54, 1.807) is 6.20 Å². The SMILES string of the molecule is Cc1cc(Nc2cccc(C)c2C)nc(NCc2ccccn2)n1. The molecule has 0 aliphatic heterocycles. The molecule has 0 saturated carbocycles. The Morgan fingerprint density at radius 2 is 1.83 bits per heavy atom. The van der Waals surface area contributed by atoms with Crippen molar-refractivity contribution >= 4 is 17.5 Å². The van der Waals surface area contributed by atoms with Crippen LogP contribution in [0.2, 0.25) is 0 Å². The fourth-order valence-electron chi connectivity index (χ4n) is 2.41. The second-order valence-electron chi connectivity index (χ2n) is 5.77. The average Bonchev–Trinajstić information content (AvgIpc) is 2.58. The van der Waals surface area contributed by atoms with Crippen molar-refractivity contribution < 1.29 is 0 Å². The zero-order valence-corrected chi connectivity index (χ0v) is 14.2. The van der Waals surface area contributed by atoms with Gasteiger partial charge < -0.3 is 10.6 Å². The summed E-state index contributed by atoms with van der Waals surface area (Å²) in [5.74, 6) is 1.37. The molecule has 0 saturated heterocycles. The van der Waals surface area contributed by atoms with E-state index in [2.05, 4.69) is 51.6 Å². The number of nitrogens with zero attached hydrogens (tertiary/aromatic N) is 3. The minimum atomic E-state index is 0.590. The fraction of sp³-hybridized carbons (Fsp3) is 0.211. The van der Waals surface area contributed by atoms with Crippen LogP contribution in [0.25, 0.3) is 0 Å². The van der Waals surface area contributed by atoms with Crippen LogP contribution in [0, 0.1) is 20.8 Å². The van der Waals surface area contributed by atoms with Crippen molar-refractivity contribution in [3.8, 4) is 0 Å². The Kier molecular flexibility index (Phi) is 4.70. The van der Waals surface area contributed by atoms with Gasteiger partial charge in [0.25, 0.3) is 0 Å². The van der Waals surface area contributed by atoms with Gasteiger partial charge in [-0.25, -0.2) is 4.98 Å². The summed E-state index contributed by atoms with van der Waals surface area (Å²) in [5, 5.41) is 6.61. The molecule has 3 rings (SSSR count). The summed E-state index contributed by atoms with van der Waals surface area (Å²) in [7, 11) is 0. The first-order valence-electron chi connectivity index (χ1n) is 7.94. The molecule has 122 valence electrons. The number of nitrogens with one attached hydrogen (secondary N) is 2. The Labute approximate surface area is 142 Å². The lowest BCUT2D eigenvalue weighted by molar-refractivity contribution is 0.991. The van der Waals surface area contributed by atoms with Crippen molar-refractivity contribution in [2.45, 2.75) is 27.3 Å². The number of aromatic nitrogens is 3. The number of benzene rings is 1. The van der Waals surface area contributed by atoms with E-state index in [-0.39, 0.29) is 0 Å². The summed E-state index contributed by atoms with van der Waals surface area (Å²) in [6.45, 7) is 6.76. The smallest absolute Gasteiger partial charge is 0.225 e. The van der Waals surface area contributed by atoms with Crippen LogP contribution in [-0.4, -0.2) is 15.0 Å². The van der Waals surface area contributed by atoms with E-state index < -0.39 is 0 Å². The van der Waals surface area contributed by atoms with Gasteiger partial charge in [0.15, 0.2) is 0 Å². The Morgan fingerprint density at radius 1 is 0.958 bits per heavy atom. The highest BCUT2D eigenvalue weighted by atomic mass is 15.1. The molecule has 0 unspecified atom stereocenters. The van der Waals surface area contributed by atoms with Gasteiger partial charge in [0, 0.05) is 23.6 Å². The summed E-state index contributed by atoms with van der Waals surface area (Å²) in [6, 6.07) is 14.0. The van der Waals surface area contributed by atoms with Gasteiger partial charge in [0.2, 0.25) is 5.95 Å². The maximum atomic E-state index is 4.55. The summed E-state index contributed by atoms with van der Waals surface area (Å²) < 4.78 is 0. The van der Waals surface area contributed by atoms with Crippen molar-refractivity contribution in [2.24, 2.45) is 0 Å².